The topological polar surface area (TPSA) is 67.9 Å². The molecule has 6 heteroatoms. The average molecular weight is 232 g/mol. The SMILES string of the molecule is O=C1c2ccccc2C(=O)N1C1C=CONO1. The van der Waals surface area contributed by atoms with E-state index in [4.69, 9.17) is 4.84 Å². The number of imide groups is 1. The Bertz CT molecular complexity index is 491. The predicted molar refractivity (Wildman–Crippen MR) is 55.2 cm³/mol. The molecular weight excluding hydrogens is 224 g/mol. The van der Waals surface area contributed by atoms with E-state index in [1.54, 1.807) is 24.3 Å². The number of benzene rings is 1. The van der Waals surface area contributed by atoms with Gasteiger partial charge in [0.2, 0.25) is 0 Å². The van der Waals surface area contributed by atoms with Gasteiger partial charge in [-0.25, -0.2) is 9.74 Å². The number of hydrogen-bond acceptors (Lipinski definition) is 5. The summed E-state index contributed by atoms with van der Waals surface area (Å²) >= 11 is 0. The van der Waals surface area contributed by atoms with Crippen molar-refractivity contribution in [1.82, 2.24) is 10.5 Å². The van der Waals surface area contributed by atoms with Gasteiger partial charge in [0.15, 0.2) is 6.23 Å². The van der Waals surface area contributed by atoms with Crippen molar-refractivity contribution in [3.8, 4) is 0 Å². The minimum absolute atomic E-state index is 0.371. The first-order chi connectivity index (χ1) is 8.29. The number of carbonyl (C=O) groups excluding carboxylic acids is 2. The molecule has 2 heterocycles. The summed E-state index contributed by atoms with van der Waals surface area (Å²) in [5.41, 5.74) is 2.93. The quantitative estimate of drug-likeness (QED) is 0.718. The summed E-state index contributed by atoms with van der Waals surface area (Å²) in [5, 5.41) is 0. The Morgan fingerprint density at radius 3 is 2.29 bits per heavy atom. The molecule has 1 aromatic rings. The summed E-state index contributed by atoms with van der Waals surface area (Å²) in [4.78, 5) is 34.7. The molecular formula is C11H8N2O4. The van der Waals surface area contributed by atoms with Crippen LogP contribution in [0.15, 0.2) is 36.6 Å². The molecule has 17 heavy (non-hydrogen) atoms. The van der Waals surface area contributed by atoms with Crippen LogP contribution in [0.3, 0.4) is 0 Å². The van der Waals surface area contributed by atoms with Gasteiger partial charge in [0.05, 0.1) is 11.1 Å². The third-order valence-corrected chi connectivity index (χ3v) is 2.61. The van der Waals surface area contributed by atoms with Gasteiger partial charge in [-0.15, -0.1) is 0 Å². The first kappa shape index (κ1) is 10.0. The first-order valence-corrected chi connectivity index (χ1v) is 4.99. The zero-order chi connectivity index (χ0) is 11.8. The van der Waals surface area contributed by atoms with E-state index in [9.17, 15) is 9.59 Å². The predicted octanol–water partition coefficient (Wildman–Crippen LogP) is 0.589. The van der Waals surface area contributed by atoms with E-state index in [1.165, 1.54) is 12.3 Å². The van der Waals surface area contributed by atoms with Crippen molar-refractivity contribution in [2.24, 2.45) is 0 Å². The molecule has 0 bridgehead atoms. The highest BCUT2D eigenvalue weighted by molar-refractivity contribution is 6.21. The smallest absolute Gasteiger partial charge is 0.264 e. The van der Waals surface area contributed by atoms with Crippen LogP contribution in [0.2, 0.25) is 0 Å². The van der Waals surface area contributed by atoms with E-state index in [0.29, 0.717) is 11.1 Å². The van der Waals surface area contributed by atoms with Crippen LogP contribution >= 0.6 is 0 Å². The summed E-state index contributed by atoms with van der Waals surface area (Å²) in [7, 11) is 0. The third-order valence-electron chi connectivity index (χ3n) is 2.61. The summed E-state index contributed by atoms with van der Waals surface area (Å²) in [5.74, 6) is -0.743. The second kappa shape index (κ2) is 3.69. The number of nitrogens with one attached hydrogen (secondary N) is 1. The number of rotatable bonds is 1. The molecule has 6 nitrogen and oxygen atoms in total. The number of hydrogen-bond donors (Lipinski definition) is 1. The summed E-state index contributed by atoms with van der Waals surface area (Å²) in [6.45, 7) is 0. The number of amides is 2. The lowest BCUT2D eigenvalue weighted by Gasteiger charge is -2.24. The van der Waals surface area contributed by atoms with E-state index in [-0.39, 0.29) is 11.8 Å². The van der Waals surface area contributed by atoms with Crippen molar-refractivity contribution in [3.05, 3.63) is 47.7 Å². The summed E-state index contributed by atoms with van der Waals surface area (Å²) in [6.07, 6.45) is 1.99. The molecule has 0 aromatic heterocycles. The second-order valence-corrected chi connectivity index (χ2v) is 3.56. The van der Waals surface area contributed by atoms with Crippen molar-refractivity contribution >= 4 is 11.8 Å². The lowest BCUT2D eigenvalue weighted by Crippen LogP contribution is -2.44. The molecule has 3 rings (SSSR count). The van der Waals surface area contributed by atoms with Gasteiger partial charge in [-0.2, -0.15) is 0 Å². The van der Waals surface area contributed by atoms with E-state index in [0.717, 1.165) is 4.90 Å². The Balaban J connectivity index is 2.00. The molecule has 2 aliphatic heterocycles. The van der Waals surface area contributed by atoms with E-state index in [2.05, 4.69) is 10.5 Å². The zero-order valence-corrected chi connectivity index (χ0v) is 8.62. The van der Waals surface area contributed by atoms with Crippen LogP contribution < -0.4 is 5.64 Å². The van der Waals surface area contributed by atoms with E-state index < -0.39 is 6.23 Å². The number of fused-ring (bicyclic) bond motifs is 1. The molecule has 0 saturated carbocycles. The van der Waals surface area contributed by atoms with Gasteiger partial charge in [0, 0.05) is 6.08 Å². The molecule has 0 saturated heterocycles. The second-order valence-electron chi connectivity index (χ2n) is 3.56. The van der Waals surface area contributed by atoms with Gasteiger partial charge in [-0.05, 0) is 17.8 Å². The van der Waals surface area contributed by atoms with Crippen LogP contribution in [0.25, 0.3) is 0 Å². The molecule has 1 N–H and O–H groups in total. The minimum Gasteiger partial charge on any atom is -0.391 e. The molecule has 2 amide bonds. The van der Waals surface area contributed by atoms with E-state index >= 15 is 0 Å². The lowest BCUT2D eigenvalue weighted by atomic mass is 10.1. The molecule has 1 aromatic carbocycles. The minimum atomic E-state index is -0.795. The van der Waals surface area contributed by atoms with Crippen LogP contribution in [0.1, 0.15) is 20.7 Å². The Kier molecular flexibility index (Phi) is 2.17. The molecule has 0 fully saturated rings. The molecule has 0 spiro atoms. The average Bonchev–Trinajstić information content (AvgIpc) is 2.64. The molecule has 1 atom stereocenters. The van der Waals surface area contributed by atoms with Crippen LogP contribution in [-0.2, 0) is 9.68 Å². The maximum atomic E-state index is 12.0. The van der Waals surface area contributed by atoms with Gasteiger partial charge < -0.3 is 4.84 Å². The van der Waals surface area contributed by atoms with Crippen molar-refractivity contribution in [3.63, 3.8) is 0 Å². The lowest BCUT2D eigenvalue weighted by molar-refractivity contribution is -0.193. The van der Waals surface area contributed by atoms with E-state index in [1.807, 2.05) is 0 Å². The van der Waals surface area contributed by atoms with Crippen LogP contribution in [0, 0.1) is 0 Å². The van der Waals surface area contributed by atoms with Crippen molar-refractivity contribution in [2.75, 3.05) is 0 Å². The largest absolute Gasteiger partial charge is 0.391 e. The molecule has 0 radical (unpaired) electrons. The van der Waals surface area contributed by atoms with Gasteiger partial charge in [0.1, 0.15) is 6.26 Å². The van der Waals surface area contributed by atoms with Gasteiger partial charge in [-0.1, -0.05) is 12.1 Å². The summed E-state index contributed by atoms with van der Waals surface area (Å²) in [6, 6.07) is 6.66. The molecule has 86 valence electrons. The fourth-order valence-corrected chi connectivity index (χ4v) is 1.83. The Hall–Kier alpha value is -2.18. The highest BCUT2D eigenvalue weighted by Crippen LogP contribution is 2.25. The van der Waals surface area contributed by atoms with Crippen molar-refractivity contribution in [1.29, 1.82) is 0 Å². The Labute approximate surface area is 96.3 Å². The maximum Gasteiger partial charge on any atom is 0.264 e. The van der Waals surface area contributed by atoms with Crippen LogP contribution in [-0.4, -0.2) is 22.9 Å². The standard InChI is InChI=1S/C11H8N2O4/c14-10-7-3-1-2-4-8(7)11(15)13(10)9-5-6-16-12-17-9/h1-6,9,12H. The van der Waals surface area contributed by atoms with Crippen LogP contribution in [0.4, 0.5) is 0 Å². The normalized spacial score (nSPS) is 22.6. The van der Waals surface area contributed by atoms with Crippen molar-refractivity contribution in [2.45, 2.75) is 6.23 Å². The third kappa shape index (κ3) is 1.42. The maximum absolute atomic E-state index is 12.0. The Morgan fingerprint density at radius 2 is 1.76 bits per heavy atom. The first-order valence-electron chi connectivity index (χ1n) is 4.99. The van der Waals surface area contributed by atoms with Gasteiger partial charge >= 0.3 is 0 Å². The van der Waals surface area contributed by atoms with Crippen molar-refractivity contribution < 1.29 is 19.3 Å². The highest BCUT2D eigenvalue weighted by atomic mass is 16.9. The van der Waals surface area contributed by atoms with Crippen LogP contribution in [0.5, 0.6) is 0 Å². The summed E-state index contributed by atoms with van der Waals surface area (Å²) < 4.78 is 0. The molecule has 0 aliphatic carbocycles. The van der Waals surface area contributed by atoms with Gasteiger partial charge in [0.25, 0.3) is 11.8 Å². The monoisotopic (exact) mass is 232 g/mol. The fourth-order valence-electron chi connectivity index (χ4n) is 1.83. The Morgan fingerprint density at radius 1 is 1.12 bits per heavy atom. The van der Waals surface area contributed by atoms with Gasteiger partial charge in [-0.3, -0.25) is 9.59 Å². The molecule has 2 aliphatic rings. The number of nitrogens with zero attached hydrogens (tertiary/aromatic N) is 1. The highest BCUT2D eigenvalue weighted by Gasteiger charge is 2.40. The number of carbonyl (C=O) groups is 2. The molecule has 1 unspecified atom stereocenters. The zero-order valence-electron chi connectivity index (χ0n) is 8.62. The fraction of sp³-hybridized carbons (Fsp3) is 0.0909.